The van der Waals surface area contributed by atoms with Gasteiger partial charge in [-0.2, -0.15) is 0 Å². The van der Waals surface area contributed by atoms with Crippen molar-refractivity contribution in [2.24, 2.45) is 5.92 Å². The highest BCUT2D eigenvalue weighted by Gasteiger charge is 2.34. The largest absolute Gasteiger partial charge is 0.0654 e. The Balaban J connectivity index is 1.72. The van der Waals surface area contributed by atoms with Gasteiger partial charge in [0.1, 0.15) is 0 Å². The maximum Gasteiger partial charge on any atom is -0.00469 e. The van der Waals surface area contributed by atoms with Crippen molar-refractivity contribution in [1.82, 2.24) is 0 Å². The summed E-state index contributed by atoms with van der Waals surface area (Å²) in [5.74, 6) is 0.931. The van der Waals surface area contributed by atoms with Crippen molar-refractivity contribution < 1.29 is 0 Å². The molecule has 1 saturated carbocycles. The van der Waals surface area contributed by atoms with Crippen molar-refractivity contribution >= 4 is 0 Å². The van der Waals surface area contributed by atoms with E-state index in [4.69, 9.17) is 0 Å². The maximum absolute atomic E-state index is 2.65. The van der Waals surface area contributed by atoms with Gasteiger partial charge in [0.05, 0.1) is 0 Å². The van der Waals surface area contributed by atoms with Gasteiger partial charge in [-0.05, 0) is 66.5 Å². The van der Waals surface area contributed by atoms with Crippen molar-refractivity contribution in [3.8, 4) is 0 Å². The number of fused-ring (bicyclic) bond motifs is 1. The molecule has 2 aliphatic rings. The number of hydrogen-bond acceptors (Lipinski definition) is 0. The Hall–Kier alpha value is -0.780. The van der Waals surface area contributed by atoms with E-state index in [0.29, 0.717) is 5.41 Å². The lowest BCUT2D eigenvalue weighted by atomic mass is 9.65. The SMILES string of the molecule is CCCCCCCC1(c2ccc3c(c2)CCC(CC)C3)CCCCC1. The highest BCUT2D eigenvalue weighted by molar-refractivity contribution is 5.38. The van der Waals surface area contributed by atoms with Crippen LogP contribution in [-0.4, -0.2) is 0 Å². The molecule has 0 bridgehead atoms. The van der Waals surface area contributed by atoms with Crippen LogP contribution in [0.25, 0.3) is 0 Å². The molecule has 1 fully saturated rings. The zero-order chi connectivity index (χ0) is 17.5. The van der Waals surface area contributed by atoms with Crippen LogP contribution in [0.5, 0.6) is 0 Å². The number of unbranched alkanes of at least 4 members (excludes halogenated alkanes) is 4. The lowest BCUT2D eigenvalue weighted by molar-refractivity contribution is 0.265. The molecule has 25 heavy (non-hydrogen) atoms. The number of aryl methyl sites for hydroxylation is 1. The second-order valence-electron chi connectivity index (χ2n) is 9.01. The van der Waals surface area contributed by atoms with Gasteiger partial charge in [-0.15, -0.1) is 0 Å². The molecule has 1 aromatic carbocycles. The van der Waals surface area contributed by atoms with Crippen LogP contribution in [0.15, 0.2) is 18.2 Å². The zero-order valence-corrected chi connectivity index (χ0v) is 16.9. The summed E-state index contributed by atoms with van der Waals surface area (Å²) in [6.07, 6.45) is 21.2. The van der Waals surface area contributed by atoms with Gasteiger partial charge in [0.2, 0.25) is 0 Å². The van der Waals surface area contributed by atoms with Crippen LogP contribution >= 0.6 is 0 Å². The van der Waals surface area contributed by atoms with E-state index in [9.17, 15) is 0 Å². The number of rotatable bonds is 8. The van der Waals surface area contributed by atoms with Crippen molar-refractivity contribution in [1.29, 1.82) is 0 Å². The fourth-order valence-electron chi connectivity index (χ4n) is 5.49. The average Bonchev–Trinajstić information content (AvgIpc) is 2.67. The predicted molar refractivity (Wildman–Crippen MR) is 110 cm³/mol. The summed E-state index contributed by atoms with van der Waals surface area (Å²) in [6, 6.07) is 7.70. The summed E-state index contributed by atoms with van der Waals surface area (Å²) < 4.78 is 0. The maximum atomic E-state index is 2.65. The topological polar surface area (TPSA) is 0 Å². The summed E-state index contributed by atoms with van der Waals surface area (Å²) in [7, 11) is 0. The van der Waals surface area contributed by atoms with Crippen LogP contribution in [-0.2, 0) is 18.3 Å². The number of hydrogen-bond donors (Lipinski definition) is 0. The molecule has 1 unspecified atom stereocenters. The summed E-state index contributed by atoms with van der Waals surface area (Å²) >= 11 is 0. The van der Waals surface area contributed by atoms with Crippen molar-refractivity contribution in [2.75, 3.05) is 0 Å². The van der Waals surface area contributed by atoms with E-state index in [1.807, 2.05) is 0 Å². The normalized spacial score (nSPS) is 22.6. The lowest BCUT2D eigenvalue weighted by Gasteiger charge is -2.39. The molecule has 0 saturated heterocycles. The molecule has 0 aromatic heterocycles. The minimum Gasteiger partial charge on any atom is -0.0654 e. The Bertz CT molecular complexity index is 521. The average molecular weight is 341 g/mol. The van der Waals surface area contributed by atoms with Gasteiger partial charge in [0, 0.05) is 0 Å². The fraction of sp³-hybridized carbons (Fsp3) is 0.760. The molecule has 0 radical (unpaired) electrons. The van der Waals surface area contributed by atoms with Crippen molar-refractivity contribution in [2.45, 2.75) is 116 Å². The van der Waals surface area contributed by atoms with Crippen LogP contribution in [0.4, 0.5) is 0 Å². The Morgan fingerprint density at radius 2 is 1.72 bits per heavy atom. The summed E-state index contributed by atoms with van der Waals surface area (Å²) in [5.41, 5.74) is 5.58. The molecule has 0 heteroatoms. The van der Waals surface area contributed by atoms with Gasteiger partial charge in [0.25, 0.3) is 0 Å². The van der Waals surface area contributed by atoms with Gasteiger partial charge < -0.3 is 0 Å². The third kappa shape index (κ3) is 4.69. The smallest absolute Gasteiger partial charge is 0.00469 e. The molecular formula is C25H40. The van der Waals surface area contributed by atoms with E-state index in [-0.39, 0.29) is 0 Å². The molecule has 2 aliphatic carbocycles. The molecule has 0 nitrogen and oxygen atoms in total. The minimum atomic E-state index is 0.515. The van der Waals surface area contributed by atoms with Crippen LogP contribution < -0.4 is 0 Å². The standard InChI is InChI=1S/C25H40/c1-3-5-6-7-9-16-25(17-10-8-11-18-25)24-15-14-22-19-21(4-2)12-13-23(22)20-24/h14-15,20-21H,3-13,16-19H2,1-2H3. The quantitative estimate of drug-likeness (QED) is 0.424. The van der Waals surface area contributed by atoms with E-state index in [1.54, 1.807) is 16.7 Å². The number of benzene rings is 1. The molecule has 3 rings (SSSR count). The Kier molecular flexibility index (Phi) is 7.02. The third-order valence-electron chi connectivity index (χ3n) is 7.30. The minimum absolute atomic E-state index is 0.515. The first-order valence-corrected chi connectivity index (χ1v) is 11.4. The summed E-state index contributed by atoms with van der Waals surface area (Å²) in [5, 5.41) is 0. The van der Waals surface area contributed by atoms with Gasteiger partial charge >= 0.3 is 0 Å². The monoisotopic (exact) mass is 340 g/mol. The van der Waals surface area contributed by atoms with Crippen molar-refractivity contribution in [3.63, 3.8) is 0 Å². The fourth-order valence-corrected chi connectivity index (χ4v) is 5.49. The third-order valence-corrected chi connectivity index (χ3v) is 7.30. The molecule has 0 aliphatic heterocycles. The second kappa shape index (κ2) is 9.24. The summed E-state index contributed by atoms with van der Waals surface area (Å²) in [4.78, 5) is 0. The van der Waals surface area contributed by atoms with Gasteiger partial charge in [-0.3, -0.25) is 0 Å². The highest BCUT2D eigenvalue weighted by atomic mass is 14.4. The van der Waals surface area contributed by atoms with Gasteiger partial charge in [-0.1, -0.05) is 89.8 Å². The van der Waals surface area contributed by atoms with E-state index in [1.165, 1.54) is 96.3 Å². The van der Waals surface area contributed by atoms with Gasteiger partial charge in [0.15, 0.2) is 0 Å². The molecule has 0 spiro atoms. The van der Waals surface area contributed by atoms with E-state index < -0.39 is 0 Å². The molecule has 0 heterocycles. The zero-order valence-electron chi connectivity index (χ0n) is 16.9. The van der Waals surface area contributed by atoms with Gasteiger partial charge in [-0.25, -0.2) is 0 Å². The first-order chi connectivity index (χ1) is 12.3. The van der Waals surface area contributed by atoms with Crippen LogP contribution in [0.3, 0.4) is 0 Å². The highest BCUT2D eigenvalue weighted by Crippen LogP contribution is 2.44. The van der Waals surface area contributed by atoms with E-state index in [2.05, 4.69) is 32.0 Å². The van der Waals surface area contributed by atoms with E-state index >= 15 is 0 Å². The Morgan fingerprint density at radius 3 is 2.48 bits per heavy atom. The Morgan fingerprint density at radius 1 is 0.920 bits per heavy atom. The second-order valence-corrected chi connectivity index (χ2v) is 9.01. The Labute approximate surface area is 156 Å². The van der Waals surface area contributed by atoms with Crippen LogP contribution in [0.2, 0.25) is 0 Å². The summed E-state index contributed by atoms with van der Waals surface area (Å²) in [6.45, 7) is 4.68. The molecule has 0 N–H and O–H groups in total. The molecule has 1 atom stereocenters. The van der Waals surface area contributed by atoms with Crippen LogP contribution in [0, 0.1) is 5.92 Å². The molecular weight excluding hydrogens is 300 g/mol. The first kappa shape index (κ1) is 19.0. The van der Waals surface area contributed by atoms with Crippen molar-refractivity contribution in [3.05, 3.63) is 34.9 Å². The first-order valence-electron chi connectivity index (χ1n) is 11.4. The van der Waals surface area contributed by atoms with Crippen LogP contribution in [0.1, 0.15) is 114 Å². The molecule has 0 amide bonds. The van der Waals surface area contributed by atoms with E-state index in [0.717, 1.165) is 5.92 Å². The molecule has 140 valence electrons. The predicted octanol–water partition coefficient (Wildman–Crippen LogP) is 7.76. The molecule has 1 aromatic rings. The lowest BCUT2D eigenvalue weighted by Crippen LogP contribution is -2.29.